The van der Waals surface area contributed by atoms with Gasteiger partial charge in [-0.15, -0.1) is 0 Å². The van der Waals surface area contributed by atoms with Crippen molar-refractivity contribution < 1.29 is 14.0 Å². The minimum Gasteiger partial charge on any atom is -0.459 e. The molecule has 2 amide bonds. The third kappa shape index (κ3) is 6.04. The van der Waals surface area contributed by atoms with Crippen molar-refractivity contribution >= 4 is 11.8 Å². The molecule has 1 unspecified atom stereocenters. The van der Waals surface area contributed by atoms with Gasteiger partial charge in [-0.1, -0.05) is 44.2 Å². The second kappa shape index (κ2) is 10.4. The lowest BCUT2D eigenvalue weighted by atomic mass is 10.1. The monoisotopic (exact) mass is 357 g/mol. The molecule has 0 radical (unpaired) electrons. The normalized spacial score (nSPS) is 12.0. The Kier molecular flexibility index (Phi) is 7.89. The minimum absolute atomic E-state index is 0.194. The number of likely N-dealkylation sites (N-methyl/N-ethyl adjacent to an activating group) is 1. The zero-order chi connectivity index (χ0) is 18.8. The van der Waals surface area contributed by atoms with Crippen molar-refractivity contribution in [2.24, 2.45) is 0 Å². The van der Waals surface area contributed by atoms with Crippen molar-refractivity contribution in [3.63, 3.8) is 0 Å². The first-order valence-electron chi connectivity index (χ1n) is 9.02. The van der Waals surface area contributed by atoms with Gasteiger partial charge >= 0.3 is 0 Å². The number of hydrogen-bond donors (Lipinski definition) is 2. The van der Waals surface area contributed by atoms with E-state index in [1.807, 2.05) is 30.3 Å². The Morgan fingerprint density at radius 2 is 1.81 bits per heavy atom. The molecule has 6 heteroatoms. The van der Waals surface area contributed by atoms with Crippen LogP contribution >= 0.6 is 0 Å². The van der Waals surface area contributed by atoms with E-state index in [4.69, 9.17) is 4.42 Å². The number of furan rings is 1. The third-order valence-electron chi connectivity index (χ3n) is 4.27. The topological polar surface area (TPSA) is 74.6 Å². The Bertz CT molecular complexity index is 667. The highest BCUT2D eigenvalue weighted by Gasteiger charge is 2.22. The zero-order valence-electron chi connectivity index (χ0n) is 15.4. The quantitative estimate of drug-likeness (QED) is 0.683. The molecular formula is C20H27N3O3. The summed E-state index contributed by atoms with van der Waals surface area (Å²) in [5, 5.41) is 5.70. The fraction of sp³-hybridized carbons (Fsp3) is 0.400. The smallest absolute Gasteiger partial charge is 0.287 e. The van der Waals surface area contributed by atoms with Crippen molar-refractivity contribution in [1.82, 2.24) is 15.5 Å². The summed E-state index contributed by atoms with van der Waals surface area (Å²) < 4.78 is 5.12. The van der Waals surface area contributed by atoms with E-state index in [9.17, 15) is 9.59 Å². The van der Waals surface area contributed by atoms with E-state index >= 15 is 0 Å². The van der Waals surface area contributed by atoms with Crippen LogP contribution in [0.5, 0.6) is 0 Å². The highest BCUT2D eigenvalue weighted by Crippen LogP contribution is 2.06. The van der Waals surface area contributed by atoms with Gasteiger partial charge in [-0.25, -0.2) is 0 Å². The van der Waals surface area contributed by atoms with Crippen LogP contribution < -0.4 is 10.6 Å². The largest absolute Gasteiger partial charge is 0.459 e. The number of nitrogens with one attached hydrogen (secondary N) is 2. The first-order chi connectivity index (χ1) is 12.6. The van der Waals surface area contributed by atoms with Crippen molar-refractivity contribution in [2.45, 2.75) is 26.3 Å². The van der Waals surface area contributed by atoms with E-state index < -0.39 is 11.9 Å². The van der Waals surface area contributed by atoms with Crippen molar-refractivity contribution in [3.8, 4) is 0 Å². The summed E-state index contributed by atoms with van der Waals surface area (Å²) in [5.41, 5.74) is 0.983. The lowest BCUT2D eigenvalue weighted by Crippen LogP contribution is -2.49. The third-order valence-corrected chi connectivity index (χ3v) is 4.27. The summed E-state index contributed by atoms with van der Waals surface area (Å²) in [4.78, 5) is 27.2. The fourth-order valence-electron chi connectivity index (χ4n) is 2.70. The molecule has 1 atom stereocenters. The molecule has 26 heavy (non-hydrogen) atoms. The Hall–Kier alpha value is -2.60. The second-order valence-electron chi connectivity index (χ2n) is 6.01. The summed E-state index contributed by atoms with van der Waals surface area (Å²) in [6.07, 6.45) is 1.86. The summed E-state index contributed by atoms with van der Waals surface area (Å²) in [5.74, 6) is -0.394. The molecule has 2 aromatic rings. The summed E-state index contributed by atoms with van der Waals surface area (Å²) in [7, 11) is 0. The van der Waals surface area contributed by atoms with Gasteiger partial charge < -0.3 is 20.0 Å². The molecule has 0 aliphatic carbocycles. The highest BCUT2D eigenvalue weighted by molar-refractivity contribution is 5.95. The zero-order valence-corrected chi connectivity index (χ0v) is 15.4. The van der Waals surface area contributed by atoms with Crippen LogP contribution in [0.1, 0.15) is 30.0 Å². The number of carbonyl (C=O) groups is 2. The standard InChI is InChI=1S/C20H27N3O3/c1-3-23(4-2)13-12-21-19(24)17(15-16-9-6-5-7-10-16)22-20(25)18-11-8-14-26-18/h5-11,14,17H,3-4,12-13,15H2,1-2H3,(H,21,24)(H,22,25). The SMILES string of the molecule is CCN(CC)CCNC(=O)C(Cc1ccccc1)NC(=O)c1ccco1. The maximum Gasteiger partial charge on any atom is 0.287 e. The maximum atomic E-state index is 12.6. The van der Waals surface area contributed by atoms with Gasteiger partial charge in [0.2, 0.25) is 5.91 Å². The first kappa shape index (κ1) is 19.7. The molecule has 2 N–H and O–H groups in total. The van der Waals surface area contributed by atoms with Gasteiger partial charge in [0, 0.05) is 19.5 Å². The van der Waals surface area contributed by atoms with Crippen LogP contribution in [0.4, 0.5) is 0 Å². The molecule has 1 heterocycles. The lowest BCUT2D eigenvalue weighted by molar-refractivity contribution is -0.123. The molecule has 1 aromatic carbocycles. The van der Waals surface area contributed by atoms with E-state index in [1.165, 1.54) is 6.26 Å². The molecule has 0 fully saturated rings. The van der Waals surface area contributed by atoms with E-state index in [0.717, 1.165) is 25.2 Å². The molecule has 140 valence electrons. The Morgan fingerprint density at radius 1 is 1.08 bits per heavy atom. The first-order valence-corrected chi connectivity index (χ1v) is 9.02. The van der Waals surface area contributed by atoms with Crippen LogP contribution in [0.15, 0.2) is 53.1 Å². The molecule has 0 bridgehead atoms. The summed E-state index contributed by atoms with van der Waals surface area (Å²) in [6.45, 7) is 7.38. The van der Waals surface area contributed by atoms with Gasteiger partial charge in [0.05, 0.1) is 6.26 Å². The molecule has 0 aliphatic heterocycles. The minimum atomic E-state index is -0.660. The van der Waals surface area contributed by atoms with Crippen LogP contribution in [0.25, 0.3) is 0 Å². The van der Waals surface area contributed by atoms with Gasteiger partial charge in [0.1, 0.15) is 6.04 Å². The van der Waals surface area contributed by atoms with Crippen LogP contribution in [0.2, 0.25) is 0 Å². The Balaban J connectivity index is 1.99. The number of benzene rings is 1. The van der Waals surface area contributed by atoms with Gasteiger partial charge in [0.15, 0.2) is 5.76 Å². The van der Waals surface area contributed by atoms with E-state index in [0.29, 0.717) is 13.0 Å². The Labute approximate surface area is 154 Å². The van der Waals surface area contributed by atoms with E-state index in [-0.39, 0.29) is 11.7 Å². The molecule has 6 nitrogen and oxygen atoms in total. The van der Waals surface area contributed by atoms with Crippen LogP contribution in [-0.2, 0) is 11.2 Å². The van der Waals surface area contributed by atoms with E-state index in [1.54, 1.807) is 12.1 Å². The lowest BCUT2D eigenvalue weighted by Gasteiger charge is -2.21. The molecule has 2 rings (SSSR count). The predicted octanol–water partition coefficient (Wildman–Crippen LogP) is 2.08. The molecular weight excluding hydrogens is 330 g/mol. The predicted molar refractivity (Wildman–Crippen MR) is 101 cm³/mol. The van der Waals surface area contributed by atoms with Crippen LogP contribution in [0, 0.1) is 0 Å². The highest BCUT2D eigenvalue weighted by atomic mass is 16.3. The van der Waals surface area contributed by atoms with E-state index in [2.05, 4.69) is 29.4 Å². The molecule has 1 aromatic heterocycles. The van der Waals surface area contributed by atoms with Crippen LogP contribution in [0.3, 0.4) is 0 Å². The molecule has 0 aliphatic rings. The van der Waals surface area contributed by atoms with Gasteiger partial charge in [-0.2, -0.15) is 0 Å². The molecule has 0 saturated heterocycles. The second-order valence-corrected chi connectivity index (χ2v) is 6.01. The van der Waals surface area contributed by atoms with Gasteiger partial charge in [-0.3, -0.25) is 9.59 Å². The van der Waals surface area contributed by atoms with Crippen molar-refractivity contribution in [2.75, 3.05) is 26.2 Å². The number of hydrogen-bond acceptors (Lipinski definition) is 4. The summed E-state index contributed by atoms with van der Waals surface area (Å²) in [6, 6.07) is 12.2. The fourth-order valence-corrected chi connectivity index (χ4v) is 2.70. The Morgan fingerprint density at radius 3 is 2.42 bits per heavy atom. The maximum absolute atomic E-state index is 12.6. The average Bonchev–Trinajstić information content (AvgIpc) is 3.20. The summed E-state index contributed by atoms with van der Waals surface area (Å²) >= 11 is 0. The number of nitrogens with zero attached hydrogens (tertiary/aromatic N) is 1. The van der Waals surface area contributed by atoms with Crippen molar-refractivity contribution in [3.05, 3.63) is 60.1 Å². The average molecular weight is 357 g/mol. The number of rotatable bonds is 10. The van der Waals surface area contributed by atoms with Gasteiger partial charge in [-0.05, 0) is 30.8 Å². The van der Waals surface area contributed by atoms with Crippen molar-refractivity contribution in [1.29, 1.82) is 0 Å². The number of carbonyl (C=O) groups excluding carboxylic acids is 2. The molecule has 0 saturated carbocycles. The van der Waals surface area contributed by atoms with Gasteiger partial charge in [0.25, 0.3) is 5.91 Å². The van der Waals surface area contributed by atoms with Crippen LogP contribution in [-0.4, -0.2) is 48.9 Å². The number of amides is 2. The molecule has 0 spiro atoms.